The predicted octanol–water partition coefficient (Wildman–Crippen LogP) is 4.66. The number of pyridine rings is 1. The molecule has 0 saturated carbocycles. The van der Waals surface area contributed by atoms with E-state index in [-0.39, 0.29) is 12.1 Å². The zero-order valence-corrected chi connectivity index (χ0v) is 15.6. The SMILES string of the molecule is COC[C@@H]1N=C(/C=C/c2cccnc2Cl)O[C@H]1c1ccc(SC)cc1. The molecule has 1 aliphatic rings. The topological polar surface area (TPSA) is 43.7 Å². The van der Waals surface area contributed by atoms with Crippen LogP contribution in [-0.2, 0) is 9.47 Å². The summed E-state index contributed by atoms with van der Waals surface area (Å²) in [5.41, 5.74) is 1.91. The van der Waals surface area contributed by atoms with Crippen molar-refractivity contribution in [3.05, 3.63) is 65.0 Å². The standard InChI is InChI=1S/C19H19ClN2O2S/c1-23-12-16-18(13-5-8-15(25-2)9-6-13)24-17(22-16)10-7-14-4-3-11-21-19(14)20/h3-11,16,18H,12H2,1-2H3/b10-7+/t16-,18-/m0/s1. The lowest BCUT2D eigenvalue weighted by molar-refractivity contribution is 0.120. The molecule has 0 radical (unpaired) electrons. The summed E-state index contributed by atoms with van der Waals surface area (Å²) >= 11 is 7.79. The zero-order chi connectivity index (χ0) is 17.6. The molecule has 0 aliphatic carbocycles. The van der Waals surface area contributed by atoms with Crippen LogP contribution >= 0.6 is 23.4 Å². The summed E-state index contributed by atoms with van der Waals surface area (Å²) in [6, 6.07) is 12.0. The molecule has 0 unspecified atom stereocenters. The number of aromatic nitrogens is 1. The first kappa shape index (κ1) is 18.0. The van der Waals surface area contributed by atoms with Gasteiger partial charge in [-0.2, -0.15) is 0 Å². The Bertz CT molecular complexity index is 777. The van der Waals surface area contributed by atoms with E-state index in [1.807, 2.05) is 24.3 Å². The van der Waals surface area contributed by atoms with Crippen molar-refractivity contribution in [1.29, 1.82) is 0 Å². The maximum Gasteiger partial charge on any atom is 0.209 e. The van der Waals surface area contributed by atoms with Gasteiger partial charge in [-0.15, -0.1) is 11.8 Å². The molecule has 130 valence electrons. The molecule has 0 spiro atoms. The monoisotopic (exact) mass is 374 g/mol. The van der Waals surface area contributed by atoms with E-state index >= 15 is 0 Å². The van der Waals surface area contributed by atoms with Crippen LogP contribution in [0.5, 0.6) is 0 Å². The van der Waals surface area contributed by atoms with Gasteiger partial charge in [-0.05, 0) is 36.1 Å². The van der Waals surface area contributed by atoms with Gasteiger partial charge in [0.2, 0.25) is 5.90 Å². The van der Waals surface area contributed by atoms with E-state index in [1.54, 1.807) is 25.1 Å². The van der Waals surface area contributed by atoms with Crippen LogP contribution in [0, 0.1) is 0 Å². The molecule has 0 amide bonds. The molecule has 2 heterocycles. The number of rotatable bonds is 6. The van der Waals surface area contributed by atoms with E-state index in [0.717, 1.165) is 11.1 Å². The van der Waals surface area contributed by atoms with E-state index in [1.165, 1.54) is 4.90 Å². The summed E-state index contributed by atoms with van der Waals surface area (Å²) in [6.07, 6.45) is 7.25. The zero-order valence-electron chi connectivity index (χ0n) is 14.1. The van der Waals surface area contributed by atoms with Gasteiger partial charge in [-0.3, -0.25) is 0 Å². The number of hydrogen-bond acceptors (Lipinski definition) is 5. The first-order valence-electron chi connectivity index (χ1n) is 7.87. The number of hydrogen-bond donors (Lipinski definition) is 0. The molecule has 4 nitrogen and oxygen atoms in total. The Balaban J connectivity index is 1.78. The van der Waals surface area contributed by atoms with Crippen LogP contribution in [0.25, 0.3) is 6.08 Å². The minimum absolute atomic E-state index is 0.0749. The molecular weight excluding hydrogens is 356 g/mol. The van der Waals surface area contributed by atoms with Crippen molar-refractivity contribution in [2.24, 2.45) is 4.99 Å². The molecule has 2 aromatic rings. The van der Waals surface area contributed by atoms with Crippen LogP contribution in [0.2, 0.25) is 5.15 Å². The lowest BCUT2D eigenvalue weighted by Gasteiger charge is -2.17. The number of aliphatic imine (C=N–C) groups is 1. The van der Waals surface area contributed by atoms with Gasteiger partial charge in [-0.1, -0.05) is 29.8 Å². The van der Waals surface area contributed by atoms with Gasteiger partial charge in [0.15, 0.2) is 6.10 Å². The fourth-order valence-corrected chi connectivity index (χ4v) is 3.21. The van der Waals surface area contributed by atoms with Crippen LogP contribution in [0.3, 0.4) is 0 Å². The van der Waals surface area contributed by atoms with Crippen molar-refractivity contribution in [2.45, 2.75) is 17.0 Å². The fraction of sp³-hybridized carbons (Fsp3) is 0.263. The predicted molar refractivity (Wildman–Crippen MR) is 103 cm³/mol. The van der Waals surface area contributed by atoms with Gasteiger partial charge >= 0.3 is 0 Å². The Morgan fingerprint density at radius 3 is 2.72 bits per heavy atom. The van der Waals surface area contributed by atoms with E-state index in [2.05, 4.69) is 40.5 Å². The number of benzene rings is 1. The molecule has 1 aliphatic heterocycles. The Kier molecular flexibility index (Phi) is 6.13. The summed E-state index contributed by atoms with van der Waals surface area (Å²) < 4.78 is 11.4. The van der Waals surface area contributed by atoms with Crippen LogP contribution in [0.1, 0.15) is 17.2 Å². The third-order valence-corrected chi connectivity index (χ3v) is 4.92. The van der Waals surface area contributed by atoms with Gasteiger partial charge < -0.3 is 9.47 Å². The highest BCUT2D eigenvalue weighted by atomic mass is 35.5. The second kappa shape index (κ2) is 8.52. The van der Waals surface area contributed by atoms with Crippen LogP contribution < -0.4 is 0 Å². The van der Waals surface area contributed by atoms with E-state index in [4.69, 9.17) is 21.1 Å². The van der Waals surface area contributed by atoms with Crippen molar-refractivity contribution in [1.82, 2.24) is 4.98 Å². The van der Waals surface area contributed by atoms with Crippen LogP contribution in [0.15, 0.2) is 58.6 Å². The van der Waals surface area contributed by atoms with Crippen molar-refractivity contribution in [3.63, 3.8) is 0 Å². The van der Waals surface area contributed by atoms with E-state index in [0.29, 0.717) is 17.7 Å². The first-order valence-corrected chi connectivity index (χ1v) is 9.47. The van der Waals surface area contributed by atoms with Crippen LogP contribution in [-0.4, -0.2) is 36.9 Å². The number of ether oxygens (including phenoxy) is 2. The molecule has 1 aromatic heterocycles. The summed E-state index contributed by atoms with van der Waals surface area (Å²) in [6.45, 7) is 0.500. The van der Waals surface area contributed by atoms with Gasteiger partial charge in [0.1, 0.15) is 11.2 Å². The Morgan fingerprint density at radius 1 is 1.24 bits per heavy atom. The van der Waals surface area contributed by atoms with Gasteiger partial charge in [0.25, 0.3) is 0 Å². The average Bonchev–Trinajstić information content (AvgIpc) is 3.04. The summed E-state index contributed by atoms with van der Waals surface area (Å²) in [5.74, 6) is 0.570. The third-order valence-electron chi connectivity index (χ3n) is 3.87. The lowest BCUT2D eigenvalue weighted by Crippen LogP contribution is -2.19. The smallest absolute Gasteiger partial charge is 0.209 e. The third kappa shape index (κ3) is 4.42. The van der Waals surface area contributed by atoms with Gasteiger partial charge in [0, 0.05) is 29.8 Å². The van der Waals surface area contributed by atoms with E-state index in [9.17, 15) is 0 Å². The molecule has 0 fully saturated rings. The van der Waals surface area contributed by atoms with Crippen molar-refractivity contribution in [2.75, 3.05) is 20.0 Å². The number of halogens is 1. The van der Waals surface area contributed by atoms with Crippen LogP contribution in [0.4, 0.5) is 0 Å². The number of nitrogens with zero attached hydrogens (tertiary/aromatic N) is 2. The largest absolute Gasteiger partial charge is 0.467 e. The Hall–Kier alpha value is -1.82. The second-order valence-corrected chi connectivity index (χ2v) is 6.76. The molecular formula is C19H19ClN2O2S. The highest BCUT2D eigenvalue weighted by Crippen LogP contribution is 2.31. The number of methoxy groups -OCH3 is 1. The molecule has 0 bridgehead atoms. The molecule has 6 heteroatoms. The fourth-order valence-electron chi connectivity index (χ4n) is 2.62. The molecule has 0 saturated heterocycles. The summed E-state index contributed by atoms with van der Waals surface area (Å²) in [4.78, 5) is 9.92. The molecule has 3 rings (SSSR count). The average molecular weight is 375 g/mol. The maximum atomic E-state index is 6.08. The summed E-state index contributed by atoms with van der Waals surface area (Å²) in [7, 11) is 1.67. The van der Waals surface area contributed by atoms with E-state index < -0.39 is 0 Å². The van der Waals surface area contributed by atoms with Crippen molar-refractivity contribution < 1.29 is 9.47 Å². The second-order valence-electron chi connectivity index (χ2n) is 5.52. The number of thioether (sulfide) groups is 1. The van der Waals surface area contributed by atoms with Gasteiger partial charge in [0.05, 0.1) is 6.61 Å². The van der Waals surface area contributed by atoms with Gasteiger partial charge in [-0.25, -0.2) is 9.98 Å². The highest BCUT2D eigenvalue weighted by Gasteiger charge is 2.31. The normalized spacial score (nSPS) is 19.9. The minimum atomic E-state index is -0.153. The summed E-state index contributed by atoms with van der Waals surface area (Å²) in [5, 5.41) is 0.454. The minimum Gasteiger partial charge on any atom is -0.467 e. The molecule has 0 N–H and O–H groups in total. The molecule has 2 atom stereocenters. The Labute approximate surface area is 156 Å². The Morgan fingerprint density at radius 2 is 2.04 bits per heavy atom. The quantitative estimate of drug-likeness (QED) is 0.545. The lowest BCUT2D eigenvalue weighted by atomic mass is 10.0. The highest BCUT2D eigenvalue weighted by molar-refractivity contribution is 7.98. The van der Waals surface area contributed by atoms with Crippen molar-refractivity contribution >= 4 is 35.3 Å². The maximum absolute atomic E-state index is 6.08. The van der Waals surface area contributed by atoms with Crippen molar-refractivity contribution in [3.8, 4) is 0 Å². The molecule has 25 heavy (non-hydrogen) atoms. The first-order chi connectivity index (χ1) is 12.2. The molecule has 1 aromatic carbocycles.